The van der Waals surface area contributed by atoms with Crippen LogP contribution in [0.15, 0.2) is 22.7 Å². The van der Waals surface area contributed by atoms with Crippen LogP contribution in [0.4, 0.5) is 0 Å². The molecular weight excluding hydrogens is 261 g/mol. The van der Waals surface area contributed by atoms with E-state index in [0.29, 0.717) is 5.92 Å². The molecule has 1 aliphatic heterocycles. The molecular formula is C11H13BrClN. The summed E-state index contributed by atoms with van der Waals surface area (Å²) in [6.07, 6.45) is 2.55. The minimum absolute atomic E-state index is 0.650. The van der Waals surface area contributed by atoms with E-state index in [0.717, 1.165) is 22.6 Å². The molecule has 1 fully saturated rings. The van der Waals surface area contributed by atoms with Gasteiger partial charge in [-0.05, 0) is 58.9 Å². The number of hydrogen-bond donors (Lipinski definition) is 1. The Labute approximate surface area is 98.0 Å². The average molecular weight is 275 g/mol. The van der Waals surface area contributed by atoms with E-state index in [1.165, 1.54) is 18.4 Å². The van der Waals surface area contributed by atoms with E-state index in [2.05, 4.69) is 33.4 Å². The summed E-state index contributed by atoms with van der Waals surface area (Å²) in [5, 5.41) is 4.21. The zero-order chi connectivity index (χ0) is 9.97. The van der Waals surface area contributed by atoms with Gasteiger partial charge < -0.3 is 5.32 Å². The second-order valence-corrected chi connectivity index (χ2v) is 4.98. The zero-order valence-corrected chi connectivity index (χ0v) is 10.2. The first-order chi connectivity index (χ1) is 6.77. The van der Waals surface area contributed by atoms with Gasteiger partial charge in [0.05, 0.1) is 5.02 Å². The van der Waals surface area contributed by atoms with Gasteiger partial charge in [0.1, 0.15) is 0 Å². The molecule has 0 radical (unpaired) electrons. The Hall–Kier alpha value is -0.0500. The van der Waals surface area contributed by atoms with Crippen molar-refractivity contribution in [2.75, 3.05) is 13.1 Å². The zero-order valence-electron chi connectivity index (χ0n) is 7.89. The Morgan fingerprint density at radius 2 is 2.29 bits per heavy atom. The van der Waals surface area contributed by atoms with Crippen LogP contribution in [0, 0.1) is 0 Å². The molecule has 0 aliphatic carbocycles. The van der Waals surface area contributed by atoms with Crippen LogP contribution in [-0.4, -0.2) is 13.1 Å². The maximum Gasteiger partial charge on any atom is 0.0548 e. The van der Waals surface area contributed by atoms with Crippen LogP contribution in [0.2, 0.25) is 5.02 Å². The van der Waals surface area contributed by atoms with Crippen LogP contribution in [0.5, 0.6) is 0 Å². The summed E-state index contributed by atoms with van der Waals surface area (Å²) in [7, 11) is 0. The summed E-state index contributed by atoms with van der Waals surface area (Å²) in [4.78, 5) is 0. The third kappa shape index (κ3) is 2.30. The van der Waals surface area contributed by atoms with Crippen molar-refractivity contribution in [1.29, 1.82) is 0 Å². The Morgan fingerprint density at radius 1 is 1.43 bits per heavy atom. The number of nitrogens with one attached hydrogen (secondary N) is 1. The van der Waals surface area contributed by atoms with E-state index in [9.17, 15) is 0 Å². The molecule has 1 atom stereocenters. The van der Waals surface area contributed by atoms with Gasteiger partial charge in [0.15, 0.2) is 0 Å². The van der Waals surface area contributed by atoms with Gasteiger partial charge in [-0.3, -0.25) is 0 Å². The van der Waals surface area contributed by atoms with Gasteiger partial charge in [-0.15, -0.1) is 0 Å². The van der Waals surface area contributed by atoms with Crippen molar-refractivity contribution >= 4 is 27.5 Å². The predicted octanol–water partition coefficient (Wildman–Crippen LogP) is 3.57. The van der Waals surface area contributed by atoms with Gasteiger partial charge in [-0.2, -0.15) is 0 Å². The highest BCUT2D eigenvalue weighted by Crippen LogP contribution is 2.29. The number of hydrogen-bond acceptors (Lipinski definition) is 1. The van der Waals surface area contributed by atoms with Gasteiger partial charge in [0.2, 0.25) is 0 Å². The maximum atomic E-state index is 5.96. The molecule has 0 aromatic heterocycles. The quantitative estimate of drug-likeness (QED) is 0.825. The smallest absolute Gasteiger partial charge is 0.0548 e. The van der Waals surface area contributed by atoms with E-state index < -0.39 is 0 Å². The molecule has 2 rings (SSSR count). The first-order valence-electron chi connectivity index (χ1n) is 4.93. The number of benzene rings is 1. The van der Waals surface area contributed by atoms with Crippen LogP contribution < -0.4 is 5.32 Å². The second-order valence-electron chi connectivity index (χ2n) is 3.72. The lowest BCUT2D eigenvalue weighted by Crippen LogP contribution is -2.28. The van der Waals surface area contributed by atoms with E-state index in [-0.39, 0.29) is 0 Å². The number of piperidine rings is 1. The highest BCUT2D eigenvalue weighted by Gasteiger charge is 2.15. The average Bonchev–Trinajstić information content (AvgIpc) is 2.23. The van der Waals surface area contributed by atoms with Crippen LogP contribution in [-0.2, 0) is 0 Å². The Kier molecular flexibility index (Phi) is 3.47. The highest BCUT2D eigenvalue weighted by atomic mass is 79.9. The third-order valence-corrected chi connectivity index (χ3v) is 3.93. The molecule has 14 heavy (non-hydrogen) atoms. The van der Waals surface area contributed by atoms with Gasteiger partial charge in [0, 0.05) is 11.0 Å². The topological polar surface area (TPSA) is 12.0 Å². The van der Waals surface area contributed by atoms with Gasteiger partial charge >= 0.3 is 0 Å². The lowest BCUT2D eigenvalue weighted by Gasteiger charge is -2.23. The molecule has 76 valence electrons. The van der Waals surface area contributed by atoms with Crippen LogP contribution >= 0.6 is 27.5 Å². The van der Waals surface area contributed by atoms with E-state index in [1.54, 1.807) is 0 Å². The molecule has 0 saturated carbocycles. The molecule has 1 aromatic rings. The van der Waals surface area contributed by atoms with E-state index >= 15 is 0 Å². The fraction of sp³-hybridized carbons (Fsp3) is 0.455. The minimum Gasteiger partial charge on any atom is -0.316 e. The van der Waals surface area contributed by atoms with Crippen LogP contribution in [0.25, 0.3) is 0 Å². The molecule has 0 amide bonds. The second kappa shape index (κ2) is 4.65. The molecule has 0 spiro atoms. The van der Waals surface area contributed by atoms with Crippen LogP contribution in [0.3, 0.4) is 0 Å². The lowest BCUT2D eigenvalue weighted by atomic mass is 9.92. The summed E-state index contributed by atoms with van der Waals surface area (Å²) >= 11 is 9.42. The standard InChI is InChI=1S/C11H13BrClN/c12-10-6-8(3-4-11(10)13)9-2-1-5-14-7-9/h3-4,6,9,14H,1-2,5,7H2/t9-/m0/s1. The molecule has 1 heterocycles. The van der Waals surface area contributed by atoms with Gasteiger partial charge in [0.25, 0.3) is 0 Å². The molecule has 1 aliphatic rings. The fourth-order valence-electron chi connectivity index (χ4n) is 1.90. The Bertz CT molecular complexity index is 321. The maximum absolute atomic E-state index is 5.96. The molecule has 1 nitrogen and oxygen atoms in total. The van der Waals surface area contributed by atoms with Crippen molar-refractivity contribution in [3.63, 3.8) is 0 Å². The van der Waals surface area contributed by atoms with Crippen LogP contribution in [0.1, 0.15) is 24.3 Å². The van der Waals surface area contributed by atoms with Gasteiger partial charge in [-0.25, -0.2) is 0 Å². The van der Waals surface area contributed by atoms with E-state index in [1.807, 2.05) is 6.07 Å². The Balaban J connectivity index is 2.18. The summed E-state index contributed by atoms with van der Waals surface area (Å²) in [5.74, 6) is 0.650. The normalized spacial score (nSPS) is 22.3. The number of halogens is 2. The monoisotopic (exact) mass is 273 g/mol. The van der Waals surface area contributed by atoms with E-state index in [4.69, 9.17) is 11.6 Å². The summed E-state index contributed by atoms with van der Waals surface area (Å²) in [6.45, 7) is 2.25. The fourth-order valence-corrected chi connectivity index (χ4v) is 2.42. The van der Waals surface area contributed by atoms with Crippen molar-refractivity contribution in [3.05, 3.63) is 33.3 Å². The minimum atomic E-state index is 0.650. The summed E-state index contributed by atoms with van der Waals surface area (Å²) < 4.78 is 1.00. The summed E-state index contributed by atoms with van der Waals surface area (Å²) in [6, 6.07) is 6.24. The first kappa shape index (κ1) is 10.5. The Morgan fingerprint density at radius 3 is 2.93 bits per heavy atom. The largest absolute Gasteiger partial charge is 0.316 e. The molecule has 1 saturated heterocycles. The van der Waals surface area contributed by atoms with Crippen molar-refractivity contribution in [3.8, 4) is 0 Å². The molecule has 1 N–H and O–H groups in total. The van der Waals surface area contributed by atoms with Crippen molar-refractivity contribution < 1.29 is 0 Å². The SMILES string of the molecule is Clc1ccc([C@H]2CCCNC2)cc1Br. The van der Waals surface area contributed by atoms with Crippen molar-refractivity contribution in [2.45, 2.75) is 18.8 Å². The predicted molar refractivity (Wildman–Crippen MR) is 64.0 cm³/mol. The van der Waals surface area contributed by atoms with Gasteiger partial charge in [-0.1, -0.05) is 17.7 Å². The first-order valence-corrected chi connectivity index (χ1v) is 6.10. The lowest BCUT2D eigenvalue weighted by molar-refractivity contribution is 0.461. The highest BCUT2D eigenvalue weighted by molar-refractivity contribution is 9.10. The summed E-state index contributed by atoms with van der Waals surface area (Å²) in [5.41, 5.74) is 1.38. The third-order valence-electron chi connectivity index (χ3n) is 2.71. The number of rotatable bonds is 1. The molecule has 0 unspecified atom stereocenters. The van der Waals surface area contributed by atoms with Crippen molar-refractivity contribution in [2.24, 2.45) is 0 Å². The molecule has 1 aromatic carbocycles. The van der Waals surface area contributed by atoms with Crippen molar-refractivity contribution in [1.82, 2.24) is 5.32 Å². The molecule has 0 bridgehead atoms. The molecule has 3 heteroatoms.